The summed E-state index contributed by atoms with van der Waals surface area (Å²) in [7, 11) is 0. The second-order valence-electron chi connectivity index (χ2n) is 1.39. The van der Waals surface area contributed by atoms with Crippen molar-refractivity contribution in [3.8, 4) is 0 Å². The minimum atomic E-state index is -0.833. The van der Waals surface area contributed by atoms with Crippen LogP contribution in [0.1, 0.15) is 19.8 Å². The van der Waals surface area contributed by atoms with Crippen molar-refractivity contribution in [1.29, 1.82) is 0 Å². The standard InChI is InChI=1S/C3H5.C2H4O2.Na/c1-2-3-1;1-2(3)4;/h1H,2-3H2;1H3,(H,3,4);/q-1;;+1. The van der Waals surface area contributed by atoms with Crippen LogP contribution in [0.15, 0.2) is 0 Å². The second-order valence-corrected chi connectivity index (χ2v) is 1.39. The van der Waals surface area contributed by atoms with Gasteiger partial charge in [0.1, 0.15) is 0 Å². The van der Waals surface area contributed by atoms with Crippen molar-refractivity contribution < 1.29 is 39.5 Å². The summed E-state index contributed by atoms with van der Waals surface area (Å²) in [5.41, 5.74) is 0. The van der Waals surface area contributed by atoms with Crippen LogP contribution in [0.2, 0.25) is 0 Å². The number of carboxylic acid groups (broad SMARTS) is 1. The Balaban J connectivity index is 0. The largest absolute Gasteiger partial charge is 1.00 e. The average molecular weight is 124 g/mol. The van der Waals surface area contributed by atoms with E-state index in [4.69, 9.17) is 9.90 Å². The fourth-order valence-electron chi connectivity index (χ4n) is 0. The van der Waals surface area contributed by atoms with Crippen LogP contribution < -0.4 is 29.6 Å². The molecule has 1 saturated carbocycles. The molecule has 0 aromatic carbocycles. The van der Waals surface area contributed by atoms with Gasteiger partial charge in [0.05, 0.1) is 0 Å². The van der Waals surface area contributed by atoms with Crippen molar-refractivity contribution in [3.63, 3.8) is 0 Å². The first kappa shape index (κ1) is 11.3. The number of hydrogen-bond donors (Lipinski definition) is 1. The first-order chi connectivity index (χ1) is 3.23. The first-order valence-electron chi connectivity index (χ1n) is 2.24. The quantitative estimate of drug-likeness (QED) is 0.302. The van der Waals surface area contributed by atoms with Gasteiger partial charge in [0.15, 0.2) is 0 Å². The average Bonchev–Trinajstić information content (AvgIpc) is 2.02. The Morgan fingerprint density at radius 3 is 1.75 bits per heavy atom. The molecular formula is C5H9NaO2. The maximum Gasteiger partial charge on any atom is 1.00 e. The molecule has 0 spiro atoms. The zero-order valence-corrected chi connectivity index (χ0v) is 7.35. The van der Waals surface area contributed by atoms with Crippen LogP contribution in [0.5, 0.6) is 0 Å². The third-order valence-corrected chi connectivity index (χ3v) is 0.289. The molecule has 0 aliphatic heterocycles. The van der Waals surface area contributed by atoms with Gasteiger partial charge in [0.2, 0.25) is 0 Å². The number of hydrogen-bond acceptors (Lipinski definition) is 1. The minimum absolute atomic E-state index is 0. The Labute approximate surface area is 71.6 Å². The zero-order valence-electron chi connectivity index (χ0n) is 5.35. The summed E-state index contributed by atoms with van der Waals surface area (Å²) in [4.78, 5) is 9.00. The van der Waals surface area contributed by atoms with Gasteiger partial charge in [0.25, 0.3) is 5.97 Å². The van der Waals surface area contributed by atoms with Gasteiger partial charge in [-0.25, -0.2) is 12.8 Å². The van der Waals surface area contributed by atoms with Crippen molar-refractivity contribution in [3.05, 3.63) is 6.42 Å². The smallest absolute Gasteiger partial charge is 0.481 e. The third-order valence-electron chi connectivity index (χ3n) is 0.289. The minimum Gasteiger partial charge on any atom is -0.481 e. The maximum absolute atomic E-state index is 9.00. The van der Waals surface area contributed by atoms with E-state index in [0.717, 1.165) is 6.92 Å². The molecule has 1 rings (SSSR count). The van der Waals surface area contributed by atoms with E-state index in [1.54, 1.807) is 0 Å². The van der Waals surface area contributed by atoms with Crippen LogP contribution in [0.3, 0.4) is 0 Å². The van der Waals surface area contributed by atoms with Gasteiger partial charge in [0, 0.05) is 6.92 Å². The molecule has 0 aromatic rings. The molecule has 1 N–H and O–H groups in total. The molecule has 0 unspecified atom stereocenters. The van der Waals surface area contributed by atoms with Crippen molar-refractivity contribution in [1.82, 2.24) is 0 Å². The summed E-state index contributed by atoms with van der Waals surface area (Å²) in [6.45, 7) is 1.08. The molecule has 1 aliphatic rings. The number of rotatable bonds is 0. The van der Waals surface area contributed by atoms with Crippen LogP contribution in [0.25, 0.3) is 0 Å². The Hall–Kier alpha value is 0.470. The van der Waals surface area contributed by atoms with Gasteiger partial charge in [-0.2, -0.15) is 0 Å². The maximum atomic E-state index is 9.00. The van der Waals surface area contributed by atoms with Gasteiger partial charge in [-0.15, -0.1) is 0 Å². The molecule has 0 heterocycles. The molecule has 1 aliphatic carbocycles. The normalized spacial score (nSPS) is 12.1. The van der Waals surface area contributed by atoms with Crippen molar-refractivity contribution in [2.24, 2.45) is 0 Å². The number of carboxylic acids is 1. The molecule has 0 amide bonds. The van der Waals surface area contributed by atoms with Gasteiger partial charge < -0.3 is 11.5 Å². The van der Waals surface area contributed by atoms with E-state index in [2.05, 4.69) is 6.42 Å². The zero-order chi connectivity index (χ0) is 5.70. The molecule has 8 heavy (non-hydrogen) atoms. The van der Waals surface area contributed by atoms with E-state index in [-0.39, 0.29) is 29.6 Å². The fraction of sp³-hybridized carbons (Fsp3) is 0.600. The van der Waals surface area contributed by atoms with Crippen molar-refractivity contribution in [2.75, 3.05) is 0 Å². The van der Waals surface area contributed by atoms with Crippen LogP contribution in [-0.2, 0) is 4.79 Å². The second kappa shape index (κ2) is 7.47. The van der Waals surface area contributed by atoms with E-state index in [9.17, 15) is 0 Å². The molecule has 0 radical (unpaired) electrons. The molecule has 1 fully saturated rings. The van der Waals surface area contributed by atoms with Gasteiger partial charge >= 0.3 is 29.6 Å². The van der Waals surface area contributed by atoms with Gasteiger partial charge in [-0.05, 0) is 0 Å². The predicted octanol–water partition coefficient (Wildman–Crippen LogP) is -1.92. The van der Waals surface area contributed by atoms with Crippen LogP contribution in [0, 0.1) is 6.42 Å². The van der Waals surface area contributed by atoms with Crippen LogP contribution in [0.4, 0.5) is 0 Å². The van der Waals surface area contributed by atoms with Crippen molar-refractivity contribution in [2.45, 2.75) is 19.8 Å². The molecule has 0 atom stereocenters. The summed E-state index contributed by atoms with van der Waals surface area (Å²) < 4.78 is 0. The molecule has 0 aromatic heterocycles. The number of aliphatic carboxylic acids is 1. The summed E-state index contributed by atoms with van der Waals surface area (Å²) in [6, 6.07) is 0. The third kappa shape index (κ3) is 89.6. The SMILES string of the molecule is CC(=O)O.[CH-]1CC1.[Na+]. The Morgan fingerprint density at radius 1 is 1.62 bits per heavy atom. The fourth-order valence-corrected chi connectivity index (χ4v) is 0. The van der Waals surface area contributed by atoms with Crippen molar-refractivity contribution >= 4 is 5.97 Å². The van der Waals surface area contributed by atoms with Gasteiger partial charge in [-0.1, -0.05) is 0 Å². The Bertz CT molecular complexity index is 54.7. The number of carbonyl (C=O) groups is 1. The summed E-state index contributed by atoms with van der Waals surface area (Å²) in [5.74, 6) is -0.833. The van der Waals surface area contributed by atoms with E-state index >= 15 is 0 Å². The van der Waals surface area contributed by atoms with Gasteiger partial charge in [-0.3, -0.25) is 4.79 Å². The molecular weight excluding hydrogens is 115 g/mol. The topological polar surface area (TPSA) is 37.3 Å². The molecule has 0 bridgehead atoms. The first-order valence-corrected chi connectivity index (χ1v) is 2.24. The van der Waals surface area contributed by atoms with Crippen LogP contribution in [-0.4, -0.2) is 11.1 Å². The van der Waals surface area contributed by atoms with E-state index < -0.39 is 5.97 Å². The van der Waals surface area contributed by atoms with E-state index in [1.165, 1.54) is 12.8 Å². The monoisotopic (exact) mass is 124 g/mol. The van der Waals surface area contributed by atoms with Crippen LogP contribution >= 0.6 is 0 Å². The molecule has 3 heteroatoms. The summed E-state index contributed by atoms with van der Waals surface area (Å²) in [5, 5.41) is 7.42. The van der Waals surface area contributed by atoms with E-state index in [0.29, 0.717) is 0 Å². The summed E-state index contributed by atoms with van der Waals surface area (Å²) in [6.07, 6.45) is 5.00. The Kier molecular flexibility index (Phi) is 10.5. The summed E-state index contributed by atoms with van der Waals surface area (Å²) >= 11 is 0. The van der Waals surface area contributed by atoms with E-state index in [1.807, 2.05) is 0 Å². The predicted molar refractivity (Wildman–Crippen MR) is 26.8 cm³/mol. The molecule has 2 nitrogen and oxygen atoms in total. The molecule has 0 saturated heterocycles. The molecule has 42 valence electrons. The Morgan fingerprint density at radius 2 is 1.75 bits per heavy atom.